The molecule has 0 unspecified atom stereocenters. The summed E-state index contributed by atoms with van der Waals surface area (Å²) < 4.78 is 1.86. The monoisotopic (exact) mass is 355 g/mol. The van der Waals surface area contributed by atoms with E-state index < -0.39 is 0 Å². The maximum atomic E-state index is 12.3. The molecule has 2 heterocycles. The molecule has 1 saturated heterocycles. The number of nitrogens with one attached hydrogen (secondary N) is 2. The van der Waals surface area contributed by atoms with Crippen LogP contribution in [-0.4, -0.2) is 40.5 Å². The third kappa shape index (κ3) is 4.93. The van der Waals surface area contributed by atoms with E-state index in [0.717, 1.165) is 32.5 Å². The second-order valence-corrected chi connectivity index (χ2v) is 7.88. The van der Waals surface area contributed by atoms with E-state index in [2.05, 4.69) is 34.8 Å². The number of rotatable bonds is 4. The summed E-state index contributed by atoms with van der Waals surface area (Å²) in [7, 11) is 0. The van der Waals surface area contributed by atoms with Crippen LogP contribution < -0.4 is 10.6 Å². The first-order valence-corrected chi connectivity index (χ1v) is 8.94. The molecule has 136 valence electrons. The topological polar surface area (TPSA) is 71.8 Å². The average molecular weight is 356 g/mol. The highest BCUT2D eigenvalue weighted by Crippen LogP contribution is 2.37. The minimum absolute atomic E-state index is 0. The lowest BCUT2D eigenvalue weighted by Gasteiger charge is -2.34. The van der Waals surface area contributed by atoms with E-state index in [1.54, 1.807) is 6.20 Å². The van der Waals surface area contributed by atoms with Crippen LogP contribution in [0.5, 0.6) is 0 Å². The Morgan fingerprint density at radius 3 is 2.62 bits per heavy atom. The summed E-state index contributed by atoms with van der Waals surface area (Å²) in [5.41, 5.74) is 0.914. The van der Waals surface area contributed by atoms with Crippen molar-refractivity contribution in [2.45, 2.75) is 58.4 Å². The highest BCUT2D eigenvalue weighted by atomic mass is 35.5. The van der Waals surface area contributed by atoms with Crippen molar-refractivity contribution in [3.05, 3.63) is 11.9 Å². The summed E-state index contributed by atoms with van der Waals surface area (Å²) in [6.07, 6.45) is 8.79. The highest BCUT2D eigenvalue weighted by Gasteiger charge is 2.27. The minimum Gasteiger partial charge on any atom is -0.350 e. The first-order valence-electron chi connectivity index (χ1n) is 8.94. The van der Waals surface area contributed by atoms with Crippen LogP contribution in [0.1, 0.15) is 68.9 Å². The zero-order valence-corrected chi connectivity index (χ0v) is 15.6. The quantitative estimate of drug-likeness (QED) is 0.870. The van der Waals surface area contributed by atoms with Crippen molar-refractivity contribution in [2.75, 3.05) is 19.6 Å². The van der Waals surface area contributed by atoms with Gasteiger partial charge in [0.05, 0.1) is 12.2 Å². The Balaban J connectivity index is 0.00000208. The summed E-state index contributed by atoms with van der Waals surface area (Å²) >= 11 is 0. The number of carbonyl (C=O) groups excluding carboxylic acids is 1. The van der Waals surface area contributed by atoms with Gasteiger partial charge in [0.25, 0.3) is 5.91 Å². The maximum Gasteiger partial charge on any atom is 0.273 e. The molecule has 0 spiro atoms. The van der Waals surface area contributed by atoms with Gasteiger partial charge in [-0.2, -0.15) is 0 Å². The summed E-state index contributed by atoms with van der Waals surface area (Å²) in [5.74, 6) is 0.515. The van der Waals surface area contributed by atoms with Gasteiger partial charge in [-0.25, -0.2) is 4.68 Å². The lowest BCUT2D eigenvalue weighted by atomic mass is 9.73. The first-order chi connectivity index (χ1) is 11.0. The van der Waals surface area contributed by atoms with Crippen LogP contribution in [0.2, 0.25) is 0 Å². The van der Waals surface area contributed by atoms with Gasteiger partial charge < -0.3 is 10.6 Å². The third-order valence-corrected chi connectivity index (χ3v) is 5.44. The van der Waals surface area contributed by atoms with Gasteiger partial charge in [-0.1, -0.05) is 19.1 Å². The number of halogens is 1. The largest absolute Gasteiger partial charge is 0.350 e. The molecule has 24 heavy (non-hydrogen) atoms. The van der Waals surface area contributed by atoms with Gasteiger partial charge in [-0.05, 0) is 62.9 Å². The van der Waals surface area contributed by atoms with Gasteiger partial charge in [0.1, 0.15) is 0 Å². The molecule has 6 nitrogen and oxygen atoms in total. The lowest BCUT2D eigenvalue weighted by molar-refractivity contribution is 0.0931. The lowest BCUT2D eigenvalue weighted by Crippen LogP contribution is -2.33. The summed E-state index contributed by atoms with van der Waals surface area (Å²) in [6, 6.07) is 0.367. The van der Waals surface area contributed by atoms with E-state index in [-0.39, 0.29) is 18.3 Å². The van der Waals surface area contributed by atoms with Crippen molar-refractivity contribution >= 4 is 18.3 Å². The molecule has 1 aromatic heterocycles. The molecule has 1 aromatic rings. The van der Waals surface area contributed by atoms with Crippen LogP contribution in [0.4, 0.5) is 0 Å². The number of piperidine rings is 1. The molecular weight excluding hydrogens is 326 g/mol. The summed E-state index contributed by atoms with van der Waals surface area (Å²) in [4.78, 5) is 12.3. The minimum atomic E-state index is -0.0879. The first kappa shape index (κ1) is 19.2. The molecule has 2 fully saturated rings. The van der Waals surface area contributed by atoms with Gasteiger partial charge >= 0.3 is 0 Å². The number of amides is 1. The van der Waals surface area contributed by atoms with Crippen LogP contribution in [0, 0.1) is 11.3 Å². The Hall–Kier alpha value is -1.14. The number of nitrogens with zero attached hydrogens (tertiary/aromatic N) is 3. The molecule has 0 atom stereocenters. The zero-order valence-electron chi connectivity index (χ0n) is 14.8. The van der Waals surface area contributed by atoms with Crippen molar-refractivity contribution in [1.82, 2.24) is 25.6 Å². The van der Waals surface area contributed by atoms with E-state index in [4.69, 9.17) is 0 Å². The predicted octanol–water partition coefficient (Wildman–Crippen LogP) is 2.57. The van der Waals surface area contributed by atoms with Gasteiger partial charge in [0, 0.05) is 6.54 Å². The van der Waals surface area contributed by atoms with Crippen LogP contribution >= 0.6 is 12.4 Å². The van der Waals surface area contributed by atoms with Gasteiger partial charge in [-0.15, -0.1) is 17.5 Å². The fourth-order valence-electron chi connectivity index (χ4n) is 3.62. The standard InChI is InChI=1S/C17H29N5O.ClH/c1-17(2)7-3-13(4-8-17)11-19-16(23)15-12-22(21-20-15)14-5-9-18-10-6-14;/h12-14,18H,3-11H2,1-2H3,(H,19,23);1H. The average Bonchev–Trinajstić information content (AvgIpc) is 3.04. The molecule has 0 aromatic carbocycles. The molecule has 3 rings (SSSR count). The molecular formula is C17H30ClN5O. The Morgan fingerprint density at radius 1 is 1.29 bits per heavy atom. The van der Waals surface area contributed by atoms with Gasteiger partial charge in [0.2, 0.25) is 0 Å². The fourth-order valence-corrected chi connectivity index (χ4v) is 3.62. The Bertz CT molecular complexity index is 529. The van der Waals surface area contributed by atoms with E-state index in [1.165, 1.54) is 25.7 Å². The van der Waals surface area contributed by atoms with Crippen LogP contribution in [0.3, 0.4) is 0 Å². The van der Waals surface area contributed by atoms with Gasteiger partial charge in [-0.3, -0.25) is 4.79 Å². The SMILES string of the molecule is CC1(C)CCC(CNC(=O)c2cn(C3CCNCC3)nn2)CC1.Cl. The van der Waals surface area contributed by atoms with Crippen molar-refractivity contribution < 1.29 is 4.79 Å². The number of carbonyl (C=O) groups is 1. The smallest absolute Gasteiger partial charge is 0.273 e. The van der Waals surface area contributed by atoms with Gasteiger partial charge in [0.15, 0.2) is 5.69 Å². The predicted molar refractivity (Wildman–Crippen MR) is 96.5 cm³/mol. The highest BCUT2D eigenvalue weighted by molar-refractivity contribution is 5.91. The van der Waals surface area contributed by atoms with Crippen LogP contribution in [0.25, 0.3) is 0 Å². The van der Waals surface area contributed by atoms with Crippen molar-refractivity contribution in [3.8, 4) is 0 Å². The van der Waals surface area contributed by atoms with Crippen LogP contribution in [-0.2, 0) is 0 Å². The van der Waals surface area contributed by atoms with E-state index >= 15 is 0 Å². The summed E-state index contributed by atoms with van der Waals surface area (Å²) in [5, 5.41) is 14.6. The Labute approximate surface area is 150 Å². The fraction of sp³-hybridized carbons (Fsp3) is 0.824. The summed E-state index contributed by atoms with van der Waals surface area (Å²) in [6.45, 7) is 7.44. The number of aromatic nitrogens is 3. The van der Waals surface area contributed by atoms with Crippen molar-refractivity contribution in [1.29, 1.82) is 0 Å². The molecule has 1 saturated carbocycles. The molecule has 7 heteroatoms. The normalized spacial score (nSPS) is 21.9. The number of hydrogen-bond donors (Lipinski definition) is 2. The third-order valence-electron chi connectivity index (χ3n) is 5.44. The molecule has 1 aliphatic carbocycles. The molecule has 1 aliphatic heterocycles. The second-order valence-electron chi connectivity index (χ2n) is 7.88. The maximum absolute atomic E-state index is 12.3. The molecule has 2 N–H and O–H groups in total. The number of hydrogen-bond acceptors (Lipinski definition) is 4. The van der Waals surface area contributed by atoms with E-state index in [9.17, 15) is 4.79 Å². The molecule has 0 radical (unpaired) electrons. The van der Waals surface area contributed by atoms with Crippen molar-refractivity contribution in [2.24, 2.45) is 11.3 Å². The van der Waals surface area contributed by atoms with Crippen molar-refractivity contribution in [3.63, 3.8) is 0 Å². The van der Waals surface area contributed by atoms with E-state index in [0.29, 0.717) is 23.1 Å². The molecule has 0 bridgehead atoms. The Morgan fingerprint density at radius 2 is 1.96 bits per heavy atom. The Kier molecular flexibility index (Phi) is 6.63. The second kappa shape index (κ2) is 8.30. The van der Waals surface area contributed by atoms with Crippen LogP contribution in [0.15, 0.2) is 6.20 Å². The molecule has 1 amide bonds. The van der Waals surface area contributed by atoms with E-state index in [1.807, 2.05) is 4.68 Å². The zero-order chi connectivity index (χ0) is 16.3. The molecule has 2 aliphatic rings.